The first-order chi connectivity index (χ1) is 13.8. The molecule has 0 bridgehead atoms. The molecule has 2 saturated carbocycles. The predicted octanol–water partition coefficient (Wildman–Crippen LogP) is 5.12. The monoisotopic (exact) mass is 492 g/mol. The summed E-state index contributed by atoms with van der Waals surface area (Å²) in [5, 5.41) is 11.7. The minimum Gasteiger partial charge on any atom is -0.392 e. The van der Waals surface area contributed by atoms with Crippen molar-refractivity contribution >= 4 is 25.8 Å². The zero-order chi connectivity index (χ0) is 21.2. The Balaban J connectivity index is 2.04. The van der Waals surface area contributed by atoms with Crippen molar-refractivity contribution in [3.05, 3.63) is 0 Å². The third kappa shape index (κ3) is 4.90. The number of methoxy groups -OCH3 is 1. The lowest BCUT2D eigenvalue weighted by atomic mass is 9.61. The molecular weight excluding hydrogens is 452 g/mol. The minimum absolute atomic E-state index is 0.0591. The molecule has 1 aliphatic heterocycles. The fourth-order valence-electron chi connectivity index (χ4n) is 6.80. The Kier molecular flexibility index (Phi) is 8.17. The molecule has 0 radical (unpaired) electrons. The fraction of sp³-hybridized carbons (Fsp3) is 1.00. The van der Waals surface area contributed by atoms with E-state index in [-0.39, 0.29) is 28.9 Å². The van der Waals surface area contributed by atoms with E-state index in [4.69, 9.17) is 4.74 Å². The van der Waals surface area contributed by atoms with Crippen LogP contribution < -0.4 is 0 Å². The normalized spacial score (nSPS) is 45.3. The van der Waals surface area contributed by atoms with E-state index in [1.165, 1.54) is 0 Å². The van der Waals surface area contributed by atoms with Crippen LogP contribution in [0.25, 0.3) is 0 Å². The SMILES string of the molecule is CCCC[C@]1(CC)CS(=O)(=O)C2CCC(Br)CC2[C@@H](C2CCCC(OC)C2)[C@H]1O. The number of halogens is 1. The number of unbranched alkanes of at least 4 members (excludes halogenated alkanes) is 1. The summed E-state index contributed by atoms with van der Waals surface area (Å²) in [7, 11) is -1.44. The summed E-state index contributed by atoms with van der Waals surface area (Å²) in [6, 6.07) is 0. The second-order valence-corrected chi connectivity index (χ2v) is 13.6. The number of rotatable bonds is 6. The van der Waals surface area contributed by atoms with Gasteiger partial charge in [0.25, 0.3) is 0 Å². The maximum Gasteiger partial charge on any atom is 0.154 e. The van der Waals surface area contributed by atoms with Gasteiger partial charge in [-0.1, -0.05) is 49.0 Å². The zero-order valence-electron chi connectivity index (χ0n) is 18.5. The molecule has 0 aromatic heterocycles. The van der Waals surface area contributed by atoms with Gasteiger partial charge in [0.15, 0.2) is 9.84 Å². The molecule has 0 amide bonds. The van der Waals surface area contributed by atoms with Gasteiger partial charge >= 0.3 is 0 Å². The third-order valence-electron chi connectivity index (χ3n) is 8.48. The molecule has 1 N–H and O–H groups in total. The van der Waals surface area contributed by atoms with Crippen LogP contribution in [0.2, 0.25) is 0 Å². The molecule has 8 atom stereocenters. The number of hydrogen-bond acceptors (Lipinski definition) is 4. The predicted molar refractivity (Wildman–Crippen MR) is 122 cm³/mol. The highest BCUT2D eigenvalue weighted by atomic mass is 79.9. The molecule has 1 saturated heterocycles. The molecule has 6 heteroatoms. The molecule has 170 valence electrons. The lowest BCUT2D eigenvalue weighted by molar-refractivity contribution is -0.0759. The van der Waals surface area contributed by atoms with E-state index >= 15 is 0 Å². The lowest BCUT2D eigenvalue weighted by Gasteiger charge is -2.47. The maximum atomic E-state index is 13.6. The van der Waals surface area contributed by atoms with Gasteiger partial charge in [0.1, 0.15) is 0 Å². The average molecular weight is 494 g/mol. The highest BCUT2D eigenvalue weighted by molar-refractivity contribution is 9.09. The molecule has 3 rings (SSSR count). The first-order valence-electron chi connectivity index (χ1n) is 11.8. The van der Waals surface area contributed by atoms with Crippen molar-refractivity contribution in [1.29, 1.82) is 0 Å². The minimum atomic E-state index is -3.23. The second-order valence-electron chi connectivity index (χ2n) is 10.0. The third-order valence-corrected chi connectivity index (χ3v) is 11.8. The Morgan fingerprint density at radius 2 is 1.90 bits per heavy atom. The van der Waals surface area contributed by atoms with E-state index in [1.54, 1.807) is 7.11 Å². The molecule has 3 fully saturated rings. The van der Waals surface area contributed by atoms with Crippen molar-refractivity contribution in [2.24, 2.45) is 23.2 Å². The van der Waals surface area contributed by atoms with Crippen molar-refractivity contribution in [3.8, 4) is 0 Å². The van der Waals surface area contributed by atoms with Gasteiger partial charge in [-0.05, 0) is 69.1 Å². The molecule has 0 spiro atoms. The summed E-state index contributed by atoms with van der Waals surface area (Å²) in [6.07, 6.45) is 10.0. The van der Waals surface area contributed by atoms with Gasteiger partial charge < -0.3 is 9.84 Å². The Bertz CT molecular complexity index is 639. The Morgan fingerprint density at radius 3 is 2.55 bits per heavy atom. The molecule has 5 unspecified atom stereocenters. The molecule has 3 aliphatic rings. The quantitative estimate of drug-likeness (QED) is 0.522. The summed E-state index contributed by atoms with van der Waals surface area (Å²) >= 11 is 3.80. The van der Waals surface area contributed by atoms with Gasteiger partial charge in [-0.3, -0.25) is 0 Å². The van der Waals surface area contributed by atoms with Crippen LogP contribution in [0, 0.1) is 23.2 Å². The first kappa shape index (κ1) is 24.0. The van der Waals surface area contributed by atoms with E-state index in [9.17, 15) is 13.5 Å². The summed E-state index contributed by atoms with van der Waals surface area (Å²) < 4.78 is 33.0. The van der Waals surface area contributed by atoms with Gasteiger partial charge in [0, 0.05) is 17.4 Å². The highest BCUT2D eigenvalue weighted by Gasteiger charge is 2.56. The molecule has 1 heterocycles. The summed E-state index contributed by atoms with van der Waals surface area (Å²) in [5.74, 6) is 0.647. The molecular formula is C23H41BrO4S. The molecule has 2 aliphatic carbocycles. The van der Waals surface area contributed by atoms with Crippen LogP contribution in [-0.4, -0.2) is 48.7 Å². The number of aliphatic hydroxyl groups is 1. The van der Waals surface area contributed by atoms with Crippen LogP contribution in [0.5, 0.6) is 0 Å². The van der Waals surface area contributed by atoms with Crippen molar-refractivity contribution in [3.63, 3.8) is 0 Å². The van der Waals surface area contributed by atoms with E-state index in [0.717, 1.165) is 70.6 Å². The Hall–Kier alpha value is 0.350. The van der Waals surface area contributed by atoms with Crippen molar-refractivity contribution < 1.29 is 18.3 Å². The van der Waals surface area contributed by atoms with Gasteiger partial charge in [0.2, 0.25) is 0 Å². The van der Waals surface area contributed by atoms with E-state index < -0.39 is 21.4 Å². The number of fused-ring (bicyclic) bond motifs is 1. The van der Waals surface area contributed by atoms with Crippen LogP contribution >= 0.6 is 15.9 Å². The van der Waals surface area contributed by atoms with Gasteiger partial charge in [-0.15, -0.1) is 0 Å². The van der Waals surface area contributed by atoms with Gasteiger partial charge in [-0.25, -0.2) is 8.42 Å². The lowest BCUT2D eigenvalue weighted by Crippen LogP contribution is -2.48. The van der Waals surface area contributed by atoms with E-state index in [2.05, 4.69) is 29.8 Å². The number of sulfone groups is 1. The van der Waals surface area contributed by atoms with Gasteiger partial charge in [0.05, 0.1) is 23.2 Å². The van der Waals surface area contributed by atoms with Crippen molar-refractivity contribution in [2.45, 2.75) is 107 Å². The molecule has 0 aromatic carbocycles. The zero-order valence-corrected chi connectivity index (χ0v) is 20.9. The Morgan fingerprint density at radius 1 is 1.14 bits per heavy atom. The van der Waals surface area contributed by atoms with E-state index in [1.807, 2.05) is 0 Å². The van der Waals surface area contributed by atoms with E-state index in [0.29, 0.717) is 10.7 Å². The van der Waals surface area contributed by atoms with Crippen molar-refractivity contribution in [1.82, 2.24) is 0 Å². The van der Waals surface area contributed by atoms with Crippen LogP contribution in [0.15, 0.2) is 0 Å². The summed E-state index contributed by atoms with van der Waals surface area (Å²) in [4.78, 5) is 0.361. The maximum absolute atomic E-state index is 13.6. The first-order valence-corrected chi connectivity index (χ1v) is 14.5. The molecule has 29 heavy (non-hydrogen) atoms. The number of hydrogen-bond donors (Lipinski definition) is 1. The number of aliphatic hydroxyl groups excluding tert-OH is 1. The standard InChI is InChI=1S/C23H41BrO4S/c1-4-6-12-23(5-2)15-29(26,27)20-11-10-17(24)14-19(20)21(22(23)25)16-8-7-9-18(13-16)28-3/h16-22,25H,4-15H2,1-3H3/t16?,17?,18?,19?,20?,21-,22-,23-/m1/s1. The highest BCUT2D eigenvalue weighted by Crippen LogP contribution is 2.53. The smallest absolute Gasteiger partial charge is 0.154 e. The number of ether oxygens (including phenoxy) is 1. The molecule has 4 nitrogen and oxygen atoms in total. The van der Waals surface area contributed by atoms with Crippen LogP contribution in [-0.2, 0) is 14.6 Å². The summed E-state index contributed by atoms with van der Waals surface area (Å²) in [5.41, 5.74) is -0.501. The topological polar surface area (TPSA) is 63.6 Å². The van der Waals surface area contributed by atoms with Crippen LogP contribution in [0.3, 0.4) is 0 Å². The van der Waals surface area contributed by atoms with Crippen LogP contribution in [0.1, 0.15) is 84.5 Å². The molecule has 0 aromatic rings. The second kappa shape index (κ2) is 9.87. The average Bonchev–Trinajstić information content (AvgIpc) is 2.77. The number of alkyl halides is 1. The fourth-order valence-corrected chi connectivity index (χ4v) is 10.4. The summed E-state index contributed by atoms with van der Waals surface area (Å²) in [6.45, 7) is 4.24. The van der Waals surface area contributed by atoms with Crippen molar-refractivity contribution in [2.75, 3.05) is 12.9 Å². The Labute approximate surface area is 186 Å². The van der Waals surface area contributed by atoms with Gasteiger partial charge in [-0.2, -0.15) is 0 Å². The van der Waals surface area contributed by atoms with Crippen LogP contribution in [0.4, 0.5) is 0 Å². The largest absolute Gasteiger partial charge is 0.392 e.